The van der Waals surface area contributed by atoms with Gasteiger partial charge in [0.15, 0.2) is 0 Å². The summed E-state index contributed by atoms with van der Waals surface area (Å²) < 4.78 is 16.4. The lowest BCUT2D eigenvalue weighted by Crippen LogP contribution is -2.42. The Bertz CT molecular complexity index is 267. The van der Waals surface area contributed by atoms with E-state index < -0.39 is 0 Å². The van der Waals surface area contributed by atoms with Gasteiger partial charge < -0.3 is 14.2 Å². The third-order valence-corrected chi connectivity index (χ3v) is 3.99. The number of Topliss-reactive ketones (excluding diaryl/α,β-unsaturated/α-hetero) is 1. The number of methoxy groups -OCH3 is 2. The summed E-state index contributed by atoms with van der Waals surface area (Å²) in [6.07, 6.45) is 6.92. The minimum absolute atomic E-state index is 0.000839. The maximum Gasteiger partial charge on any atom is 0.133 e. The summed E-state index contributed by atoms with van der Waals surface area (Å²) in [5.74, 6) is 0.668. The summed E-state index contributed by atoms with van der Waals surface area (Å²) in [5, 5.41) is 0. The van der Waals surface area contributed by atoms with Crippen LogP contribution in [0.3, 0.4) is 0 Å². The predicted octanol–water partition coefficient (Wildman–Crippen LogP) is 2.98. The Labute approximate surface area is 123 Å². The quantitative estimate of drug-likeness (QED) is 0.579. The van der Waals surface area contributed by atoms with Gasteiger partial charge >= 0.3 is 0 Å². The number of unbranched alkanes of at least 4 members (excludes halogenated alkanes) is 3. The lowest BCUT2D eigenvalue weighted by molar-refractivity contribution is -0.140. The molecule has 4 heteroatoms. The molecule has 0 amide bonds. The van der Waals surface area contributed by atoms with Gasteiger partial charge in [-0.05, 0) is 18.8 Å². The number of ether oxygens (including phenoxy) is 3. The summed E-state index contributed by atoms with van der Waals surface area (Å²) in [6.45, 7) is 3.38. The molecule has 0 radical (unpaired) electrons. The molecule has 1 fully saturated rings. The van der Waals surface area contributed by atoms with Crippen molar-refractivity contribution in [2.75, 3.05) is 27.4 Å². The van der Waals surface area contributed by atoms with Gasteiger partial charge in [-0.3, -0.25) is 4.79 Å². The molecule has 0 spiro atoms. The fraction of sp³-hybridized carbons (Fsp3) is 0.938. The van der Waals surface area contributed by atoms with Crippen LogP contribution < -0.4 is 0 Å². The Morgan fingerprint density at radius 3 is 2.70 bits per heavy atom. The molecule has 20 heavy (non-hydrogen) atoms. The van der Waals surface area contributed by atoms with Crippen LogP contribution >= 0.6 is 0 Å². The highest BCUT2D eigenvalue weighted by atomic mass is 16.6. The second kappa shape index (κ2) is 10.3. The number of carbonyl (C=O) groups excluding carboxylic acids is 1. The van der Waals surface area contributed by atoms with E-state index in [9.17, 15) is 4.79 Å². The van der Waals surface area contributed by atoms with Crippen molar-refractivity contribution in [3.8, 4) is 0 Å². The van der Waals surface area contributed by atoms with E-state index in [1.54, 1.807) is 14.2 Å². The first kappa shape index (κ1) is 17.6. The molecule has 0 saturated carbocycles. The van der Waals surface area contributed by atoms with Gasteiger partial charge in [-0.25, -0.2) is 0 Å². The van der Waals surface area contributed by atoms with E-state index in [4.69, 9.17) is 14.2 Å². The van der Waals surface area contributed by atoms with Gasteiger partial charge in [0.2, 0.25) is 0 Å². The van der Waals surface area contributed by atoms with Crippen molar-refractivity contribution in [2.24, 2.45) is 5.92 Å². The smallest absolute Gasteiger partial charge is 0.133 e. The third-order valence-electron chi connectivity index (χ3n) is 3.99. The Balaban J connectivity index is 2.25. The number of rotatable bonds is 10. The molecule has 0 aromatic heterocycles. The molecule has 1 aliphatic heterocycles. The van der Waals surface area contributed by atoms with E-state index in [1.165, 1.54) is 19.3 Å². The van der Waals surface area contributed by atoms with E-state index in [2.05, 4.69) is 6.92 Å². The molecule has 0 aromatic carbocycles. The molecule has 1 saturated heterocycles. The van der Waals surface area contributed by atoms with Crippen molar-refractivity contribution in [1.82, 2.24) is 0 Å². The molecular formula is C16H30O4. The van der Waals surface area contributed by atoms with E-state index >= 15 is 0 Å². The maximum absolute atomic E-state index is 12.0. The van der Waals surface area contributed by atoms with Crippen LogP contribution in [0.25, 0.3) is 0 Å². The Hall–Kier alpha value is -0.450. The molecule has 0 N–H and O–H groups in total. The van der Waals surface area contributed by atoms with Gasteiger partial charge in [0.25, 0.3) is 0 Å². The van der Waals surface area contributed by atoms with E-state index in [1.807, 2.05) is 0 Å². The minimum Gasteiger partial charge on any atom is -0.382 e. The predicted molar refractivity (Wildman–Crippen MR) is 78.9 cm³/mol. The number of ketones is 1. The van der Waals surface area contributed by atoms with Crippen molar-refractivity contribution in [3.05, 3.63) is 0 Å². The Morgan fingerprint density at radius 1 is 1.25 bits per heavy atom. The average molecular weight is 286 g/mol. The summed E-state index contributed by atoms with van der Waals surface area (Å²) in [7, 11) is 3.37. The first-order valence-corrected chi connectivity index (χ1v) is 7.86. The van der Waals surface area contributed by atoms with Crippen molar-refractivity contribution >= 4 is 5.78 Å². The topological polar surface area (TPSA) is 44.8 Å². The first-order valence-electron chi connectivity index (χ1n) is 7.86. The largest absolute Gasteiger partial charge is 0.382 e. The zero-order chi connectivity index (χ0) is 14.8. The molecule has 1 aliphatic rings. The molecule has 0 aromatic rings. The first-order chi connectivity index (χ1) is 9.71. The lowest BCUT2D eigenvalue weighted by Gasteiger charge is -2.34. The summed E-state index contributed by atoms with van der Waals surface area (Å²) in [6, 6.07) is 0. The molecule has 118 valence electrons. The van der Waals surface area contributed by atoms with Crippen molar-refractivity contribution in [3.63, 3.8) is 0 Å². The van der Waals surface area contributed by atoms with Crippen LogP contribution in [-0.2, 0) is 19.0 Å². The van der Waals surface area contributed by atoms with E-state index in [-0.39, 0.29) is 12.2 Å². The molecule has 4 nitrogen and oxygen atoms in total. The van der Waals surface area contributed by atoms with Crippen LogP contribution in [0.5, 0.6) is 0 Å². The van der Waals surface area contributed by atoms with Crippen molar-refractivity contribution in [2.45, 2.75) is 64.1 Å². The maximum atomic E-state index is 12.0. The lowest BCUT2D eigenvalue weighted by atomic mass is 9.90. The molecule has 1 heterocycles. The molecule has 3 unspecified atom stereocenters. The molecule has 1 rings (SSSR count). The SMILES string of the molecule is CCCCCCC(=O)CC1COC(COC)C(OC)C1. The van der Waals surface area contributed by atoms with Gasteiger partial charge in [0, 0.05) is 27.1 Å². The molecular weight excluding hydrogens is 256 g/mol. The monoisotopic (exact) mass is 286 g/mol. The summed E-state index contributed by atoms with van der Waals surface area (Å²) >= 11 is 0. The van der Waals surface area contributed by atoms with Crippen molar-refractivity contribution in [1.29, 1.82) is 0 Å². The van der Waals surface area contributed by atoms with E-state index in [0.717, 1.165) is 19.3 Å². The van der Waals surface area contributed by atoms with E-state index in [0.29, 0.717) is 31.3 Å². The van der Waals surface area contributed by atoms with Gasteiger partial charge in [0.1, 0.15) is 11.9 Å². The zero-order valence-corrected chi connectivity index (χ0v) is 13.2. The molecule has 0 aliphatic carbocycles. The van der Waals surface area contributed by atoms with Gasteiger partial charge in [0.05, 0.1) is 19.3 Å². The van der Waals surface area contributed by atoms with Gasteiger partial charge in [-0.1, -0.05) is 26.2 Å². The standard InChI is InChI=1S/C16H30O4/c1-4-5-6-7-8-14(17)9-13-10-15(19-3)16(12-18-2)20-11-13/h13,15-16H,4-12H2,1-3H3. The van der Waals surface area contributed by atoms with Crippen LogP contribution in [0.15, 0.2) is 0 Å². The van der Waals surface area contributed by atoms with Crippen LogP contribution in [0.1, 0.15) is 51.9 Å². The molecule has 0 bridgehead atoms. The van der Waals surface area contributed by atoms with Crippen LogP contribution in [0.4, 0.5) is 0 Å². The Kier molecular flexibility index (Phi) is 9.07. The van der Waals surface area contributed by atoms with Gasteiger partial charge in [-0.15, -0.1) is 0 Å². The van der Waals surface area contributed by atoms with Crippen LogP contribution in [0.2, 0.25) is 0 Å². The number of carbonyl (C=O) groups is 1. The fourth-order valence-corrected chi connectivity index (χ4v) is 2.80. The minimum atomic E-state index is 0.000839. The van der Waals surface area contributed by atoms with Crippen LogP contribution in [0, 0.1) is 5.92 Å². The van der Waals surface area contributed by atoms with Gasteiger partial charge in [-0.2, -0.15) is 0 Å². The number of hydrogen-bond donors (Lipinski definition) is 0. The third kappa shape index (κ3) is 6.33. The second-order valence-electron chi connectivity index (χ2n) is 5.76. The van der Waals surface area contributed by atoms with Crippen LogP contribution in [-0.4, -0.2) is 45.4 Å². The summed E-state index contributed by atoms with van der Waals surface area (Å²) in [4.78, 5) is 12.0. The van der Waals surface area contributed by atoms with Crippen molar-refractivity contribution < 1.29 is 19.0 Å². The fourth-order valence-electron chi connectivity index (χ4n) is 2.80. The highest BCUT2D eigenvalue weighted by Crippen LogP contribution is 2.25. The second-order valence-corrected chi connectivity index (χ2v) is 5.76. The normalized spacial score (nSPS) is 26.6. The number of hydrogen-bond acceptors (Lipinski definition) is 4. The Morgan fingerprint density at radius 2 is 2.05 bits per heavy atom. The zero-order valence-electron chi connectivity index (χ0n) is 13.2. The molecule has 3 atom stereocenters. The highest BCUT2D eigenvalue weighted by Gasteiger charge is 2.32. The summed E-state index contributed by atoms with van der Waals surface area (Å²) in [5.41, 5.74) is 0. The average Bonchev–Trinajstić information content (AvgIpc) is 2.45. The highest BCUT2D eigenvalue weighted by molar-refractivity contribution is 5.78.